The minimum atomic E-state index is -2.52. The predicted octanol–water partition coefficient (Wildman–Crippen LogP) is 1.96. The van der Waals surface area contributed by atoms with Crippen LogP contribution in [-0.4, -0.2) is 41.2 Å². The average Bonchev–Trinajstić information content (AvgIpc) is 2.20. The van der Waals surface area contributed by atoms with Crippen LogP contribution in [0.2, 0.25) is 5.28 Å². The number of halogens is 4. The number of alkyl halides is 2. The van der Waals surface area contributed by atoms with Gasteiger partial charge in [0, 0.05) is 12.7 Å². The van der Waals surface area contributed by atoms with Gasteiger partial charge in [0.05, 0.1) is 17.6 Å². The lowest BCUT2D eigenvalue weighted by molar-refractivity contribution is 0.152. The molecule has 0 aliphatic carbocycles. The topological polar surface area (TPSA) is 49.2 Å². The van der Waals surface area contributed by atoms with E-state index in [2.05, 4.69) is 25.9 Å². The van der Waals surface area contributed by atoms with Crippen molar-refractivity contribution >= 4 is 33.3 Å². The first-order valence-electron chi connectivity index (χ1n) is 4.36. The molecule has 1 heterocycles. The highest BCUT2D eigenvalue weighted by Crippen LogP contribution is 2.24. The monoisotopic (exact) mass is 315 g/mol. The van der Waals surface area contributed by atoms with Gasteiger partial charge in [-0.1, -0.05) is 0 Å². The van der Waals surface area contributed by atoms with Gasteiger partial charge in [0.25, 0.3) is 6.43 Å². The highest BCUT2D eigenvalue weighted by molar-refractivity contribution is 9.10. The summed E-state index contributed by atoms with van der Waals surface area (Å²) in [6.07, 6.45) is -1.15. The lowest BCUT2D eigenvalue weighted by Gasteiger charge is -2.23. The molecule has 16 heavy (non-hydrogen) atoms. The number of anilines is 1. The zero-order chi connectivity index (χ0) is 12.1. The molecule has 0 amide bonds. The van der Waals surface area contributed by atoms with E-state index in [-0.39, 0.29) is 24.3 Å². The molecule has 0 aliphatic heterocycles. The SMILES string of the molecule is OCCN(CC(F)F)c1nc(Cl)ncc1Br. The summed E-state index contributed by atoms with van der Waals surface area (Å²) in [5.41, 5.74) is 0. The summed E-state index contributed by atoms with van der Waals surface area (Å²) in [7, 11) is 0. The van der Waals surface area contributed by atoms with Crippen molar-refractivity contribution in [3.8, 4) is 0 Å². The largest absolute Gasteiger partial charge is 0.395 e. The Bertz CT molecular complexity index is 356. The summed E-state index contributed by atoms with van der Waals surface area (Å²) in [4.78, 5) is 8.76. The Morgan fingerprint density at radius 1 is 1.56 bits per heavy atom. The Kier molecular flexibility index (Phi) is 5.30. The number of rotatable bonds is 5. The molecule has 0 aromatic carbocycles. The van der Waals surface area contributed by atoms with Crippen molar-refractivity contribution in [2.45, 2.75) is 6.43 Å². The molecular formula is C8H9BrClF2N3O. The first-order valence-corrected chi connectivity index (χ1v) is 5.53. The maximum Gasteiger partial charge on any atom is 0.255 e. The van der Waals surface area contributed by atoms with Gasteiger partial charge >= 0.3 is 0 Å². The smallest absolute Gasteiger partial charge is 0.255 e. The normalized spacial score (nSPS) is 10.9. The number of hydrogen-bond acceptors (Lipinski definition) is 4. The summed E-state index contributed by atoms with van der Waals surface area (Å²) >= 11 is 8.72. The Balaban J connectivity index is 2.94. The van der Waals surface area contributed by atoms with Crippen molar-refractivity contribution in [3.05, 3.63) is 16.0 Å². The molecule has 0 saturated carbocycles. The van der Waals surface area contributed by atoms with Crippen LogP contribution < -0.4 is 4.90 Å². The van der Waals surface area contributed by atoms with E-state index in [9.17, 15) is 8.78 Å². The van der Waals surface area contributed by atoms with Crippen molar-refractivity contribution in [3.63, 3.8) is 0 Å². The quantitative estimate of drug-likeness (QED) is 0.844. The third-order valence-electron chi connectivity index (χ3n) is 1.72. The molecule has 0 bridgehead atoms. The van der Waals surface area contributed by atoms with Crippen LogP contribution in [-0.2, 0) is 0 Å². The van der Waals surface area contributed by atoms with Crippen LogP contribution in [0.5, 0.6) is 0 Å². The fourth-order valence-electron chi connectivity index (χ4n) is 1.13. The second-order valence-electron chi connectivity index (χ2n) is 2.87. The van der Waals surface area contributed by atoms with E-state index in [1.807, 2.05) is 0 Å². The highest BCUT2D eigenvalue weighted by Gasteiger charge is 2.17. The molecule has 90 valence electrons. The summed E-state index contributed by atoms with van der Waals surface area (Å²) in [6.45, 7) is -0.719. The van der Waals surface area contributed by atoms with Crippen LogP contribution in [0.4, 0.5) is 14.6 Å². The van der Waals surface area contributed by atoms with Gasteiger partial charge in [-0.3, -0.25) is 0 Å². The molecule has 0 unspecified atom stereocenters. The Labute approximate surface area is 104 Å². The zero-order valence-electron chi connectivity index (χ0n) is 8.08. The minimum Gasteiger partial charge on any atom is -0.395 e. The lowest BCUT2D eigenvalue weighted by Crippen LogP contribution is -2.32. The molecule has 1 aromatic heterocycles. The van der Waals surface area contributed by atoms with Crippen LogP contribution in [0.15, 0.2) is 10.7 Å². The molecule has 0 aliphatic rings. The second kappa shape index (κ2) is 6.27. The number of aliphatic hydroxyl groups is 1. The number of nitrogens with zero attached hydrogens (tertiary/aromatic N) is 3. The zero-order valence-corrected chi connectivity index (χ0v) is 10.4. The van der Waals surface area contributed by atoms with Crippen LogP contribution in [0, 0.1) is 0 Å². The molecule has 0 spiro atoms. The van der Waals surface area contributed by atoms with E-state index in [1.165, 1.54) is 11.1 Å². The number of aliphatic hydroxyl groups excluding tert-OH is 1. The summed E-state index contributed by atoms with van der Waals surface area (Å²) in [5.74, 6) is 0.245. The van der Waals surface area contributed by atoms with Crippen LogP contribution >= 0.6 is 27.5 Å². The molecule has 1 aromatic rings. The van der Waals surface area contributed by atoms with Gasteiger partial charge in [-0.05, 0) is 27.5 Å². The molecule has 1 rings (SSSR count). The molecule has 8 heteroatoms. The minimum absolute atomic E-state index is 0.0320. The van der Waals surface area contributed by atoms with Gasteiger partial charge in [-0.15, -0.1) is 0 Å². The van der Waals surface area contributed by atoms with Gasteiger partial charge in [0.1, 0.15) is 5.82 Å². The Morgan fingerprint density at radius 3 is 2.81 bits per heavy atom. The van der Waals surface area contributed by atoms with Crippen LogP contribution in [0.25, 0.3) is 0 Å². The third kappa shape index (κ3) is 3.80. The molecule has 0 radical (unpaired) electrons. The maximum absolute atomic E-state index is 12.3. The van der Waals surface area contributed by atoms with E-state index >= 15 is 0 Å². The van der Waals surface area contributed by atoms with E-state index in [0.717, 1.165) is 0 Å². The number of aromatic nitrogens is 2. The van der Waals surface area contributed by atoms with Gasteiger partial charge < -0.3 is 10.0 Å². The van der Waals surface area contributed by atoms with E-state index in [4.69, 9.17) is 16.7 Å². The third-order valence-corrected chi connectivity index (χ3v) is 2.47. The van der Waals surface area contributed by atoms with E-state index < -0.39 is 13.0 Å². The summed E-state index contributed by atoms with van der Waals surface area (Å²) < 4.78 is 25.1. The van der Waals surface area contributed by atoms with Crippen molar-refractivity contribution in [2.24, 2.45) is 0 Å². The molecule has 1 N–H and O–H groups in total. The molecule has 0 saturated heterocycles. The second-order valence-corrected chi connectivity index (χ2v) is 4.06. The molecule has 0 fully saturated rings. The van der Waals surface area contributed by atoms with E-state index in [0.29, 0.717) is 4.47 Å². The van der Waals surface area contributed by atoms with Crippen molar-refractivity contribution < 1.29 is 13.9 Å². The Hall–Kier alpha value is -0.530. The fraction of sp³-hybridized carbons (Fsp3) is 0.500. The predicted molar refractivity (Wildman–Crippen MR) is 60.0 cm³/mol. The van der Waals surface area contributed by atoms with Crippen LogP contribution in [0.3, 0.4) is 0 Å². The van der Waals surface area contributed by atoms with Gasteiger partial charge in [-0.2, -0.15) is 4.98 Å². The molecule has 0 atom stereocenters. The van der Waals surface area contributed by atoms with Crippen LogP contribution in [0.1, 0.15) is 0 Å². The first kappa shape index (κ1) is 13.5. The highest BCUT2D eigenvalue weighted by atomic mass is 79.9. The van der Waals surface area contributed by atoms with Gasteiger partial charge in [0.15, 0.2) is 0 Å². The van der Waals surface area contributed by atoms with Crippen molar-refractivity contribution in [1.29, 1.82) is 0 Å². The summed E-state index contributed by atoms with van der Waals surface area (Å²) in [6, 6.07) is 0. The summed E-state index contributed by atoms with van der Waals surface area (Å²) in [5, 5.41) is 8.76. The van der Waals surface area contributed by atoms with Crippen molar-refractivity contribution in [1.82, 2.24) is 9.97 Å². The fourth-order valence-corrected chi connectivity index (χ4v) is 1.70. The average molecular weight is 317 g/mol. The maximum atomic E-state index is 12.3. The molecular weight excluding hydrogens is 307 g/mol. The van der Waals surface area contributed by atoms with Gasteiger partial charge in [-0.25, -0.2) is 13.8 Å². The number of hydrogen-bond donors (Lipinski definition) is 1. The Morgan fingerprint density at radius 2 is 2.25 bits per heavy atom. The first-order chi connectivity index (χ1) is 7.54. The van der Waals surface area contributed by atoms with E-state index in [1.54, 1.807) is 0 Å². The van der Waals surface area contributed by atoms with Gasteiger partial charge in [0.2, 0.25) is 5.28 Å². The van der Waals surface area contributed by atoms with Crippen molar-refractivity contribution in [2.75, 3.05) is 24.6 Å². The lowest BCUT2D eigenvalue weighted by atomic mass is 10.4. The molecule has 4 nitrogen and oxygen atoms in total. The standard InChI is InChI=1S/C8H9BrClF2N3O/c9-5-3-13-8(10)14-7(5)15(1-2-16)4-6(11)12/h3,6,16H,1-2,4H2.